The van der Waals surface area contributed by atoms with E-state index >= 15 is 0 Å². The fourth-order valence-electron chi connectivity index (χ4n) is 2.44. The molecule has 20 heavy (non-hydrogen) atoms. The van der Waals surface area contributed by atoms with Crippen LogP contribution in [0.25, 0.3) is 0 Å². The van der Waals surface area contributed by atoms with Gasteiger partial charge in [0.05, 0.1) is 30.8 Å². The average Bonchev–Trinajstić information content (AvgIpc) is 2.46. The minimum absolute atomic E-state index is 0. The monoisotopic (exact) mass is 302 g/mol. The average molecular weight is 303 g/mol. The second-order valence-corrected chi connectivity index (χ2v) is 4.53. The molecule has 0 spiro atoms. The SMILES string of the molecule is COc1cc([C@@H]2CCCCN2)c([N+](=O)[O-])cc1OC.Cl. The standard InChI is InChI=1S/C13H18N2O4.ClH/c1-18-12-7-9(10-5-3-4-6-14-10)11(15(16)17)8-13(12)19-2;/h7-8,10,14H,3-6H2,1-2H3;1H/t10-;/m0./s1. The first kappa shape index (κ1) is 16.5. The van der Waals surface area contributed by atoms with Crippen LogP contribution in [-0.4, -0.2) is 25.7 Å². The van der Waals surface area contributed by atoms with Crippen molar-refractivity contribution in [1.29, 1.82) is 0 Å². The highest BCUT2D eigenvalue weighted by atomic mass is 35.5. The number of nitrogens with one attached hydrogen (secondary N) is 1. The molecule has 1 saturated heterocycles. The van der Waals surface area contributed by atoms with E-state index in [1.165, 1.54) is 20.3 Å². The van der Waals surface area contributed by atoms with Crippen LogP contribution in [0.5, 0.6) is 11.5 Å². The van der Waals surface area contributed by atoms with Gasteiger partial charge in [-0.2, -0.15) is 0 Å². The van der Waals surface area contributed by atoms with Crippen molar-refractivity contribution in [3.63, 3.8) is 0 Å². The predicted octanol–water partition coefficient (Wildman–Crippen LogP) is 2.85. The van der Waals surface area contributed by atoms with Crippen LogP contribution >= 0.6 is 12.4 Å². The van der Waals surface area contributed by atoms with Gasteiger partial charge in [-0.3, -0.25) is 10.1 Å². The van der Waals surface area contributed by atoms with Crippen molar-refractivity contribution < 1.29 is 14.4 Å². The van der Waals surface area contributed by atoms with Crippen molar-refractivity contribution in [2.45, 2.75) is 25.3 Å². The third-order valence-corrected chi connectivity index (χ3v) is 3.42. The number of rotatable bonds is 4. The lowest BCUT2D eigenvalue weighted by Gasteiger charge is -2.24. The van der Waals surface area contributed by atoms with Crippen LogP contribution in [0.4, 0.5) is 5.69 Å². The van der Waals surface area contributed by atoms with Gasteiger partial charge in [0.15, 0.2) is 11.5 Å². The number of nitrogens with zero attached hydrogens (tertiary/aromatic N) is 1. The van der Waals surface area contributed by atoms with Crippen LogP contribution in [0.1, 0.15) is 30.9 Å². The van der Waals surface area contributed by atoms with Crippen LogP contribution < -0.4 is 14.8 Å². The Morgan fingerprint density at radius 3 is 2.40 bits per heavy atom. The number of halogens is 1. The Kier molecular flexibility index (Phi) is 6.04. The minimum atomic E-state index is -0.367. The second kappa shape index (κ2) is 7.31. The maximum Gasteiger partial charge on any atom is 0.278 e. The summed E-state index contributed by atoms with van der Waals surface area (Å²) in [5.74, 6) is 0.907. The fourth-order valence-corrected chi connectivity index (χ4v) is 2.44. The number of hydrogen-bond donors (Lipinski definition) is 1. The van der Waals surface area contributed by atoms with Crippen molar-refractivity contribution in [3.05, 3.63) is 27.8 Å². The summed E-state index contributed by atoms with van der Waals surface area (Å²) in [4.78, 5) is 10.8. The van der Waals surface area contributed by atoms with Gasteiger partial charge in [-0.15, -0.1) is 12.4 Å². The molecule has 0 saturated carbocycles. The van der Waals surface area contributed by atoms with Gasteiger partial charge in [-0.1, -0.05) is 6.42 Å². The van der Waals surface area contributed by atoms with Crippen molar-refractivity contribution in [1.82, 2.24) is 5.32 Å². The molecule has 0 amide bonds. The van der Waals surface area contributed by atoms with Crippen molar-refractivity contribution in [2.75, 3.05) is 20.8 Å². The molecule has 112 valence electrons. The lowest BCUT2D eigenvalue weighted by atomic mass is 9.95. The van der Waals surface area contributed by atoms with Crippen LogP contribution in [0.3, 0.4) is 0 Å². The Bertz CT molecular complexity index is 476. The largest absolute Gasteiger partial charge is 0.493 e. The van der Waals surface area contributed by atoms with Crippen LogP contribution in [0, 0.1) is 10.1 Å². The zero-order valence-corrected chi connectivity index (χ0v) is 12.4. The number of nitro groups is 1. The van der Waals surface area contributed by atoms with E-state index in [-0.39, 0.29) is 29.1 Å². The summed E-state index contributed by atoms with van der Waals surface area (Å²) in [6, 6.07) is 3.15. The minimum Gasteiger partial charge on any atom is -0.493 e. The van der Waals surface area contributed by atoms with E-state index in [0.29, 0.717) is 17.1 Å². The van der Waals surface area contributed by atoms with E-state index in [1.807, 2.05) is 0 Å². The highest BCUT2D eigenvalue weighted by Gasteiger charge is 2.26. The maximum absolute atomic E-state index is 11.2. The van der Waals surface area contributed by atoms with E-state index in [0.717, 1.165) is 25.8 Å². The van der Waals surface area contributed by atoms with Gasteiger partial charge in [0.25, 0.3) is 5.69 Å². The summed E-state index contributed by atoms with van der Waals surface area (Å²) < 4.78 is 10.3. The molecule has 0 aliphatic carbocycles. The van der Waals surface area contributed by atoms with Gasteiger partial charge in [0.1, 0.15) is 0 Å². The number of ether oxygens (including phenoxy) is 2. The highest BCUT2D eigenvalue weighted by Crippen LogP contribution is 2.39. The zero-order valence-electron chi connectivity index (χ0n) is 11.5. The Balaban J connectivity index is 0.00000200. The highest BCUT2D eigenvalue weighted by molar-refractivity contribution is 5.85. The topological polar surface area (TPSA) is 73.6 Å². The number of piperidine rings is 1. The lowest BCUT2D eigenvalue weighted by Crippen LogP contribution is -2.27. The van der Waals surface area contributed by atoms with E-state index < -0.39 is 0 Å². The quantitative estimate of drug-likeness (QED) is 0.684. The molecule has 0 bridgehead atoms. The van der Waals surface area contributed by atoms with Gasteiger partial charge in [-0.05, 0) is 25.5 Å². The molecule has 1 aromatic carbocycles. The number of benzene rings is 1. The van der Waals surface area contributed by atoms with Crippen LogP contribution in [-0.2, 0) is 0 Å². The van der Waals surface area contributed by atoms with E-state index in [4.69, 9.17) is 9.47 Å². The Morgan fingerprint density at radius 1 is 1.25 bits per heavy atom. The first-order chi connectivity index (χ1) is 9.17. The Morgan fingerprint density at radius 2 is 1.90 bits per heavy atom. The molecular weight excluding hydrogens is 284 g/mol. The normalized spacial score (nSPS) is 18.0. The maximum atomic E-state index is 11.2. The molecule has 0 aromatic heterocycles. The Hall–Kier alpha value is -1.53. The summed E-state index contributed by atoms with van der Waals surface area (Å²) in [6.45, 7) is 0.885. The van der Waals surface area contributed by atoms with Gasteiger partial charge >= 0.3 is 0 Å². The molecule has 7 heteroatoms. The van der Waals surface area contributed by atoms with Crippen molar-refractivity contribution in [2.24, 2.45) is 0 Å². The van der Waals surface area contributed by atoms with E-state index in [9.17, 15) is 10.1 Å². The molecule has 0 radical (unpaired) electrons. The molecule has 1 aliphatic heterocycles. The number of nitro benzene ring substituents is 1. The first-order valence-corrected chi connectivity index (χ1v) is 6.31. The van der Waals surface area contributed by atoms with E-state index in [1.54, 1.807) is 6.07 Å². The van der Waals surface area contributed by atoms with Gasteiger partial charge < -0.3 is 14.8 Å². The molecule has 1 aromatic rings. The third-order valence-electron chi connectivity index (χ3n) is 3.42. The van der Waals surface area contributed by atoms with Crippen molar-refractivity contribution >= 4 is 18.1 Å². The summed E-state index contributed by atoms with van der Waals surface area (Å²) in [5.41, 5.74) is 0.749. The zero-order chi connectivity index (χ0) is 13.8. The lowest BCUT2D eigenvalue weighted by molar-refractivity contribution is -0.385. The summed E-state index contributed by atoms with van der Waals surface area (Å²) >= 11 is 0. The molecule has 6 nitrogen and oxygen atoms in total. The molecule has 1 fully saturated rings. The summed E-state index contributed by atoms with van der Waals surface area (Å²) in [5, 5.41) is 14.5. The smallest absolute Gasteiger partial charge is 0.278 e. The molecule has 0 unspecified atom stereocenters. The molecule has 1 heterocycles. The number of methoxy groups -OCH3 is 2. The molecule has 1 atom stereocenters. The van der Waals surface area contributed by atoms with Gasteiger partial charge in [-0.25, -0.2) is 0 Å². The molecular formula is C13H19ClN2O4. The van der Waals surface area contributed by atoms with Gasteiger partial charge in [0, 0.05) is 6.04 Å². The summed E-state index contributed by atoms with van der Waals surface area (Å²) in [7, 11) is 3.00. The summed E-state index contributed by atoms with van der Waals surface area (Å²) in [6.07, 6.45) is 3.08. The fraction of sp³-hybridized carbons (Fsp3) is 0.538. The molecule has 1 aliphatic rings. The van der Waals surface area contributed by atoms with Crippen LogP contribution in [0.2, 0.25) is 0 Å². The third kappa shape index (κ3) is 3.32. The number of hydrogen-bond acceptors (Lipinski definition) is 5. The van der Waals surface area contributed by atoms with E-state index in [2.05, 4.69) is 5.32 Å². The molecule has 2 rings (SSSR count). The Labute approximate surface area is 124 Å². The van der Waals surface area contributed by atoms with Gasteiger partial charge in [0.2, 0.25) is 0 Å². The second-order valence-electron chi connectivity index (χ2n) is 4.53. The van der Waals surface area contributed by atoms with Crippen LogP contribution in [0.15, 0.2) is 12.1 Å². The van der Waals surface area contributed by atoms with Crippen molar-refractivity contribution in [3.8, 4) is 11.5 Å². The molecule has 1 N–H and O–H groups in total. The predicted molar refractivity (Wildman–Crippen MR) is 78.0 cm³/mol. The first-order valence-electron chi connectivity index (χ1n) is 6.31.